The van der Waals surface area contributed by atoms with E-state index in [-0.39, 0.29) is 5.91 Å². The molecule has 6 heteroatoms. The zero-order valence-electron chi connectivity index (χ0n) is 15.3. The third-order valence-corrected chi connectivity index (χ3v) is 5.14. The first-order chi connectivity index (χ1) is 13.0. The van der Waals surface area contributed by atoms with Crippen LogP contribution in [0.3, 0.4) is 0 Å². The second-order valence-electron chi connectivity index (χ2n) is 6.21. The van der Waals surface area contributed by atoms with Gasteiger partial charge >= 0.3 is 0 Å². The largest absolute Gasteiger partial charge is 0.493 e. The first-order valence-electron chi connectivity index (χ1n) is 8.69. The molecule has 1 heterocycles. The smallest absolute Gasteiger partial charge is 0.263 e. The van der Waals surface area contributed by atoms with Crippen LogP contribution in [0.4, 0.5) is 0 Å². The molecule has 140 valence electrons. The molecule has 4 nitrogen and oxygen atoms in total. The van der Waals surface area contributed by atoms with Crippen molar-refractivity contribution in [1.82, 2.24) is 5.32 Å². The molecule has 1 N–H and O–H groups in total. The standard InChI is InChI=1S/C21H21NO3S2/c1-14-8-9-17(15(2)12-14)24-10-5-11-25-18-7-4-3-6-16(18)13-19-20(23)22-21(26)27-19/h3-4,6-9,12-13H,5,10-11H2,1-2H3,(H,22,23,26). The quantitative estimate of drug-likeness (QED) is 0.418. The maximum atomic E-state index is 11.8. The summed E-state index contributed by atoms with van der Waals surface area (Å²) >= 11 is 6.29. The van der Waals surface area contributed by atoms with Gasteiger partial charge in [-0.3, -0.25) is 4.79 Å². The van der Waals surface area contributed by atoms with E-state index >= 15 is 0 Å². The molecule has 2 aromatic carbocycles. The molecular weight excluding hydrogens is 378 g/mol. The first-order valence-corrected chi connectivity index (χ1v) is 9.92. The van der Waals surface area contributed by atoms with Crippen molar-refractivity contribution in [2.24, 2.45) is 0 Å². The van der Waals surface area contributed by atoms with Crippen molar-refractivity contribution < 1.29 is 14.3 Å². The SMILES string of the molecule is Cc1ccc(OCCCOc2ccccc2C=C2SC(=S)NC2=O)c(C)c1. The van der Waals surface area contributed by atoms with Gasteiger partial charge < -0.3 is 14.8 Å². The Morgan fingerprint density at radius 1 is 1.07 bits per heavy atom. The Labute approximate surface area is 168 Å². The summed E-state index contributed by atoms with van der Waals surface area (Å²) in [4.78, 5) is 12.4. The number of amides is 1. The lowest BCUT2D eigenvalue weighted by Gasteiger charge is -2.12. The van der Waals surface area contributed by atoms with E-state index in [4.69, 9.17) is 21.7 Å². The number of rotatable bonds is 7. The number of thioether (sulfide) groups is 1. The van der Waals surface area contributed by atoms with E-state index in [2.05, 4.69) is 18.3 Å². The molecule has 2 aromatic rings. The van der Waals surface area contributed by atoms with E-state index in [1.807, 2.05) is 43.3 Å². The average Bonchev–Trinajstić information content (AvgIpc) is 2.95. The molecule has 27 heavy (non-hydrogen) atoms. The number of ether oxygens (including phenoxy) is 2. The molecule has 1 amide bonds. The van der Waals surface area contributed by atoms with Crippen LogP contribution in [0, 0.1) is 13.8 Å². The minimum atomic E-state index is -0.165. The number of nitrogens with one attached hydrogen (secondary N) is 1. The summed E-state index contributed by atoms with van der Waals surface area (Å²) in [6.45, 7) is 5.23. The lowest BCUT2D eigenvalue weighted by molar-refractivity contribution is -0.115. The Kier molecular flexibility index (Phi) is 6.53. The Bertz CT molecular complexity index is 893. The Balaban J connectivity index is 1.54. The zero-order valence-corrected chi connectivity index (χ0v) is 16.9. The fourth-order valence-corrected chi connectivity index (χ4v) is 3.71. The third kappa shape index (κ3) is 5.34. The number of para-hydroxylation sites is 1. The highest BCUT2D eigenvalue weighted by Gasteiger charge is 2.22. The number of aryl methyl sites for hydroxylation is 2. The van der Waals surface area contributed by atoms with E-state index in [0.717, 1.165) is 29.0 Å². The summed E-state index contributed by atoms with van der Waals surface area (Å²) in [5.41, 5.74) is 3.22. The third-order valence-electron chi connectivity index (χ3n) is 3.98. The fourth-order valence-electron chi connectivity index (χ4n) is 2.68. The van der Waals surface area contributed by atoms with E-state index in [1.54, 1.807) is 6.08 Å². The zero-order chi connectivity index (χ0) is 19.2. The van der Waals surface area contributed by atoms with E-state index in [9.17, 15) is 4.79 Å². The van der Waals surface area contributed by atoms with Gasteiger partial charge in [-0.25, -0.2) is 0 Å². The van der Waals surface area contributed by atoms with Gasteiger partial charge in [-0.1, -0.05) is 59.9 Å². The van der Waals surface area contributed by atoms with Gasteiger partial charge in [-0.2, -0.15) is 0 Å². The van der Waals surface area contributed by atoms with Gasteiger partial charge in [0.15, 0.2) is 0 Å². The Hall–Kier alpha value is -2.31. The van der Waals surface area contributed by atoms with Gasteiger partial charge in [0.1, 0.15) is 15.8 Å². The minimum absolute atomic E-state index is 0.165. The molecule has 0 atom stereocenters. The summed E-state index contributed by atoms with van der Waals surface area (Å²) in [5, 5.41) is 2.62. The Morgan fingerprint density at radius 3 is 2.52 bits per heavy atom. The summed E-state index contributed by atoms with van der Waals surface area (Å²) in [6.07, 6.45) is 2.57. The van der Waals surface area contributed by atoms with E-state index < -0.39 is 0 Å². The number of hydrogen-bond acceptors (Lipinski definition) is 5. The van der Waals surface area contributed by atoms with Crippen molar-refractivity contribution in [3.8, 4) is 11.5 Å². The highest BCUT2D eigenvalue weighted by molar-refractivity contribution is 8.26. The minimum Gasteiger partial charge on any atom is -0.493 e. The summed E-state index contributed by atoms with van der Waals surface area (Å²) in [6, 6.07) is 13.8. The molecular formula is C21H21NO3S2. The van der Waals surface area contributed by atoms with Gasteiger partial charge in [0, 0.05) is 12.0 Å². The molecule has 0 spiro atoms. The van der Waals surface area contributed by atoms with Crippen LogP contribution in [0.5, 0.6) is 11.5 Å². The van der Waals surface area contributed by atoms with Crippen LogP contribution in [-0.4, -0.2) is 23.4 Å². The van der Waals surface area contributed by atoms with Crippen molar-refractivity contribution in [3.05, 3.63) is 64.1 Å². The highest BCUT2D eigenvalue weighted by atomic mass is 32.2. The molecule has 0 aliphatic carbocycles. The van der Waals surface area contributed by atoms with Crippen LogP contribution in [0.15, 0.2) is 47.4 Å². The van der Waals surface area contributed by atoms with Crippen LogP contribution >= 0.6 is 24.0 Å². The summed E-state index contributed by atoms with van der Waals surface area (Å²) < 4.78 is 12.2. The lowest BCUT2D eigenvalue weighted by atomic mass is 10.1. The van der Waals surface area contributed by atoms with Gasteiger partial charge in [-0.05, 0) is 37.6 Å². The normalized spacial score (nSPS) is 15.1. The topological polar surface area (TPSA) is 47.6 Å². The summed E-state index contributed by atoms with van der Waals surface area (Å²) in [7, 11) is 0. The maximum absolute atomic E-state index is 11.8. The molecule has 0 unspecified atom stereocenters. The summed E-state index contributed by atoms with van der Waals surface area (Å²) in [5.74, 6) is 1.48. The van der Waals surface area contributed by atoms with Crippen LogP contribution < -0.4 is 14.8 Å². The number of carbonyl (C=O) groups is 1. The van der Waals surface area contributed by atoms with E-state index in [1.165, 1.54) is 17.3 Å². The van der Waals surface area contributed by atoms with Crippen molar-refractivity contribution in [2.75, 3.05) is 13.2 Å². The average molecular weight is 400 g/mol. The number of carbonyl (C=O) groups excluding carboxylic acids is 1. The van der Waals surface area contributed by atoms with Crippen molar-refractivity contribution in [1.29, 1.82) is 0 Å². The van der Waals surface area contributed by atoms with Crippen molar-refractivity contribution in [3.63, 3.8) is 0 Å². The molecule has 0 saturated carbocycles. The first kappa shape index (κ1) is 19.5. The van der Waals surface area contributed by atoms with Gasteiger partial charge in [0.05, 0.1) is 18.1 Å². The molecule has 1 fully saturated rings. The van der Waals surface area contributed by atoms with Gasteiger partial charge in [-0.15, -0.1) is 0 Å². The van der Waals surface area contributed by atoms with Gasteiger partial charge in [0.25, 0.3) is 5.91 Å². The molecule has 1 aliphatic rings. The lowest BCUT2D eigenvalue weighted by Crippen LogP contribution is -2.17. The maximum Gasteiger partial charge on any atom is 0.263 e. The predicted molar refractivity (Wildman–Crippen MR) is 114 cm³/mol. The van der Waals surface area contributed by atoms with Crippen LogP contribution in [-0.2, 0) is 4.79 Å². The molecule has 1 aliphatic heterocycles. The highest BCUT2D eigenvalue weighted by Crippen LogP contribution is 2.29. The van der Waals surface area contributed by atoms with Crippen LogP contribution in [0.1, 0.15) is 23.1 Å². The monoisotopic (exact) mass is 399 g/mol. The Morgan fingerprint density at radius 2 is 1.81 bits per heavy atom. The second kappa shape index (κ2) is 9.06. The van der Waals surface area contributed by atoms with Gasteiger partial charge in [0.2, 0.25) is 0 Å². The molecule has 0 bridgehead atoms. The second-order valence-corrected chi connectivity index (χ2v) is 7.93. The van der Waals surface area contributed by atoms with Crippen LogP contribution in [0.2, 0.25) is 0 Å². The number of hydrogen-bond donors (Lipinski definition) is 1. The van der Waals surface area contributed by atoms with E-state index in [0.29, 0.717) is 22.4 Å². The number of benzene rings is 2. The number of thiocarbonyl (C=S) groups is 1. The molecule has 1 saturated heterocycles. The molecule has 0 aromatic heterocycles. The molecule has 0 radical (unpaired) electrons. The molecule has 3 rings (SSSR count). The van der Waals surface area contributed by atoms with Crippen LogP contribution in [0.25, 0.3) is 6.08 Å². The van der Waals surface area contributed by atoms with Crippen molar-refractivity contribution >= 4 is 40.3 Å². The predicted octanol–water partition coefficient (Wildman–Crippen LogP) is 4.64. The van der Waals surface area contributed by atoms with Crippen molar-refractivity contribution in [2.45, 2.75) is 20.3 Å². The fraction of sp³-hybridized carbons (Fsp3) is 0.238.